The molecule has 0 saturated heterocycles. The summed E-state index contributed by atoms with van der Waals surface area (Å²) in [5.74, 6) is -1.03. The lowest BCUT2D eigenvalue weighted by Gasteiger charge is -2.23. The highest BCUT2D eigenvalue weighted by atomic mass is 16.4. The molecule has 0 aliphatic rings. The molecule has 0 bridgehead atoms. The number of aliphatic carboxylic acids is 1. The summed E-state index contributed by atoms with van der Waals surface area (Å²) in [4.78, 5) is 12.4. The van der Waals surface area contributed by atoms with Crippen LogP contribution in [0.1, 0.15) is 24.5 Å². The standard InChI is InChI=1S/C15H15N3O2/c1-2-18(9-3-8-16)14-6-4-12(5-7-15(19)20)10-13(14)11-17/h4-7,10H,2-3,9H2,1H3,(H,19,20)/b7-5+. The maximum absolute atomic E-state index is 10.5. The summed E-state index contributed by atoms with van der Waals surface area (Å²) < 4.78 is 0. The SMILES string of the molecule is CCN(CCC#N)c1ccc(/C=C/C(=O)O)cc1C#N. The Hall–Kier alpha value is -2.79. The van der Waals surface area contributed by atoms with Crippen molar-refractivity contribution >= 4 is 17.7 Å². The average molecular weight is 269 g/mol. The zero-order chi connectivity index (χ0) is 15.0. The minimum Gasteiger partial charge on any atom is -0.478 e. The first kappa shape index (κ1) is 15.3. The number of carboxylic acids is 1. The van der Waals surface area contributed by atoms with E-state index in [0.717, 1.165) is 11.8 Å². The van der Waals surface area contributed by atoms with E-state index >= 15 is 0 Å². The van der Waals surface area contributed by atoms with E-state index in [1.807, 2.05) is 11.8 Å². The molecule has 0 atom stereocenters. The highest BCUT2D eigenvalue weighted by Gasteiger charge is 2.09. The Morgan fingerprint density at radius 1 is 1.45 bits per heavy atom. The van der Waals surface area contributed by atoms with Gasteiger partial charge in [0.15, 0.2) is 0 Å². The third-order valence-corrected chi connectivity index (χ3v) is 2.78. The van der Waals surface area contributed by atoms with Gasteiger partial charge in [-0.1, -0.05) is 6.07 Å². The Kier molecular flexibility index (Phi) is 5.80. The molecule has 0 spiro atoms. The summed E-state index contributed by atoms with van der Waals surface area (Å²) >= 11 is 0. The Morgan fingerprint density at radius 2 is 2.20 bits per heavy atom. The molecule has 5 heteroatoms. The molecule has 0 aromatic heterocycles. The molecule has 0 aliphatic carbocycles. The van der Waals surface area contributed by atoms with Crippen LogP contribution in [0.15, 0.2) is 24.3 Å². The van der Waals surface area contributed by atoms with Crippen molar-refractivity contribution in [3.05, 3.63) is 35.4 Å². The van der Waals surface area contributed by atoms with Gasteiger partial charge in [-0.2, -0.15) is 10.5 Å². The van der Waals surface area contributed by atoms with E-state index in [-0.39, 0.29) is 0 Å². The fourth-order valence-electron chi connectivity index (χ4n) is 1.82. The first-order chi connectivity index (χ1) is 9.62. The van der Waals surface area contributed by atoms with Crippen molar-refractivity contribution in [2.45, 2.75) is 13.3 Å². The lowest BCUT2D eigenvalue weighted by atomic mass is 10.1. The van der Waals surface area contributed by atoms with Crippen LogP contribution in [0.5, 0.6) is 0 Å². The Labute approximate surface area is 118 Å². The van der Waals surface area contributed by atoms with Gasteiger partial charge in [-0.05, 0) is 30.7 Å². The van der Waals surface area contributed by atoms with Gasteiger partial charge in [0.25, 0.3) is 0 Å². The van der Waals surface area contributed by atoms with E-state index in [1.54, 1.807) is 18.2 Å². The molecule has 0 radical (unpaired) electrons. The Bertz CT molecular complexity index is 594. The molecule has 102 valence electrons. The second kappa shape index (κ2) is 7.60. The second-order valence-corrected chi connectivity index (χ2v) is 4.05. The number of anilines is 1. The molecule has 0 aliphatic heterocycles. The molecular weight excluding hydrogens is 254 g/mol. The van der Waals surface area contributed by atoms with Crippen LogP contribution in [0.25, 0.3) is 6.08 Å². The van der Waals surface area contributed by atoms with E-state index in [9.17, 15) is 10.1 Å². The molecule has 1 aromatic rings. The number of hydrogen-bond donors (Lipinski definition) is 1. The summed E-state index contributed by atoms with van der Waals surface area (Å²) in [6, 6.07) is 9.37. The number of rotatable bonds is 6. The fraction of sp³-hybridized carbons (Fsp3) is 0.267. The molecular formula is C15H15N3O2. The van der Waals surface area contributed by atoms with Gasteiger partial charge in [0.05, 0.1) is 23.7 Å². The average Bonchev–Trinajstić information content (AvgIpc) is 2.46. The van der Waals surface area contributed by atoms with Crippen LogP contribution in [0.2, 0.25) is 0 Å². The molecule has 5 nitrogen and oxygen atoms in total. The smallest absolute Gasteiger partial charge is 0.328 e. The van der Waals surface area contributed by atoms with Crippen molar-refractivity contribution in [1.82, 2.24) is 0 Å². The number of carbonyl (C=O) groups is 1. The van der Waals surface area contributed by atoms with Gasteiger partial charge in [-0.15, -0.1) is 0 Å². The predicted molar refractivity (Wildman–Crippen MR) is 75.9 cm³/mol. The van der Waals surface area contributed by atoms with Gasteiger partial charge in [-0.25, -0.2) is 4.79 Å². The van der Waals surface area contributed by atoms with Crippen molar-refractivity contribution in [2.75, 3.05) is 18.0 Å². The van der Waals surface area contributed by atoms with Crippen molar-refractivity contribution < 1.29 is 9.90 Å². The molecule has 0 amide bonds. The Morgan fingerprint density at radius 3 is 2.75 bits per heavy atom. The molecule has 0 heterocycles. The van der Waals surface area contributed by atoms with Crippen molar-refractivity contribution in [3.8, 4) is 12.1 Å². The highest BCUT2D eigenvalue weighted by molar-refractivity contribution is 5.85. The van der Waals surface area contributed by atoms with E-state index in [1.165, 1.54) is 6.08 Å². The lowest BCUT2D eigenvalue weighted by Crippen LogP contribution is -2.24. The lowest BCUT2D eigenvalue weighted by molar-refractivity contribution is -0.131. The van der Waals surface area contributed by atoms with Crippen LogP contribution in [-0.2, 0) is 4.79 Å². The van der Waals surface area contributed by atoms with Gasteiger partial charge in [0.2, 0.25) is 0 Å². The van der Waals surface area contributed by atoms with Gasteiger partial charge >= 0.3 is 5.97 Å². The van der Waals surface area contributed by atoms with Crippen molar-refractivity contribution in [2.24, 2.45) is 0 Å². The summed E-state index contributed by atoms with van der Waals surface area (Å²) in [5, 5.41) is 26.4. The van der Waals surface area contributed by atoms with Crippen LogP contribution < -0.4 is 4.90 Å². The van der Waals surface area contributed by atoms with Crippen molar-refractivity contribution in [3.63, 3.8) is 0 Å². The number of hydrogen-bond acceptors (Lipinski definition) is 4. The number of nitriles is 2. The summed E-state index contributed by atoms with van der Waals surface area (Å²) in [7, 11) is 0. The molecule has 20 heavy (non-hydrogen) atoms. The zero-order valence-electron chi connectivity index (χ0n) is 11.2. The minimum atomic E-state index is -1.03. The summed E-state index contributed by atoms with van der Waals surface area (Å²) in [6.45, 7) is 3.21. The summed E-state index contributed by atoms with van der Waals surface area (Å²) in [6.07, 6.45) is 2.86. The van der Waals surface area contributed by atoms with Crippen LogP contribution in [0.3, 0.4) is 0 Å². The second-order valence-electron chi connectivity index (χ2n) is 4.05. The highest BCUT2D eigenvalue weighted by Crippen LogP contribution is 2.22. The first-order valence-corrected chi connectivity index (χ1v) is 6.19. The van der Waals surface area contributed by atoms with Crippen molar-refractivity contribution in [1.29, 1.82) is 10.5 Å². The van der Waals surface area contributed by atoms with E-state index in [0.29, 0.717) is 30.6 Å². The fourth-order valence-corrected chi connectivity index (χ4v) is 1.82. The van der Waals surface area contributed by atoms with Crippen LogP contribution in [0.4, 0.5) is 5.69 Å². The molecule has 0 unspecified atom stereocenters. The van der Waals surface area contributed by atoms with Gasteiger partial charge < -0.3 is 10.0 Å². The molecule has 1 N–H and O–H groups in total. The van der Waals surface area contributed by atoms with Crippen LogP contribution >= 0.6 is 0 Å². The molecule has 0 fully saturated rings. The van der Waals surface area contributed by atoms with Gasteiger partial charge in [-0.3, -0.25) is 0 Å². The molecule has 0 saturated carbocycles. The summed E-state index contributed by atoms with van der Waals surface area (Å²) in [5.41, 5.74) is 1.89. The number of nitrogens with zero attached hydrogens (tertiary/aromatic N) is 3. The number of carboxylic acid groups (broad SMARTS) is 1. The van der Waals surface area contributed by atoms with Crippen LogP contribution in [-0.4, -0.2) is 24.2 Å². The molecule has 1 rings (SSSR count). The third-order valence-electron chi connectivity index (χ3n) is 2.78. The number of benzene rings is 1. The van der Waals surface area contributed by atoms with Crippen LogP contribution in [0, 0.1) is 22.7 Å². The largest absolute Gasteiger partial charge is 0.478 e. The van der Waals surface area contributed by atoms with Gasteiger partial charge in [0.1, 0.15) is 6.07 Å². The monoisotopic (exact) mass is 269 g/mol. The van der Waals surface area contributed by atoms with Gasteiger partial charge in [0, 0.05) is 19.2 Å². The van der Waals surface area contributed by atoms with E-state index < -0.39 is 5.97 Å². The predicted octanol–water partition coefficient (Wildman–Crippen LogP) is 2.40. The first-order valence-electron chi connectivity index (χ1n) is 6.19. The quantitative estimate of drug-likeness (QED) is 0.801. The topological polar surface area (TPSA) is 88.1 Å². The van der Waals surface area contributed by atoms with E-state index in [2.05, 4.69) is 12.1 Å². The maximum atomic E-state index is 10.5. The Balaban J connectivity index is 3.07. The maximum Gasteiger partial charge on any atom is 0.328 e. The van der Waals surface area contributed by atoms with E-state index in [4.69, 9.17) is 10.4 Å². The molecule has 1 aromatic carbocycles. The minimum absolute atomic E-state index is 0.388. The normalized spacial score (nSPS) is 9.95. The zero-order valence-corrected chi connectivity index (χ0v) is 11.2. The third kappa shape index (κ3) is 4.15.